The Labute approximate surface area is 150 Å². The molecule has 0 atom stereocenters. The number of carbonyl (C=O) groups excluding carboxylic acids is 1. The molecule has 0 aromatic heterocycles. The van der Waals surface area contributed by atoms with Crippen LogP contribution < -0.4 is 4.90 Å². The highest BCUT2D eigenvalue weighted by atomic mass is 16.6. The average molecular weight is 356 g/mol. The molecule has 0 radical (unpaired) electrons. The molecule has 0 unspecified atom stereocenters. The molecule has 0 aliphatic heterocycles. The number of nitro groups is 1. The SMILES string of the molecule is CC(=O)CCN(CCO)c1ccc(N=Nc2ccc([N+](=O)[O-])cc2)cc1. The summed E-state index contributed by atoms with van der Waals surface area (Å²) in [7, 11) is 0. The zero-order chi connectivity index (χ0) is 18.9. The van der Waals surface area contributed by atoms with Crippen LogP contribution in [0.4, 0.5) is 22.7 Å². The lowest BCUT2D eigenvalue weighted by atomic mass is 10.2. The maximum absolute atomic E-state index is 11.2. The van der Waals surface area contributed by atoms with E-state index in [2.05, 4.69) is 10.2 Å². The van der Waals surface area contributed by atoms with Gasteiger partial charge in [-0.3, -0.25) is 14.9 Å². The molecular weight excluding hydrogens is 336 g/mol. The van der Waals surface area contributed by atoms with Crippen LogP contribution in [0.25, 0.3) is 0 Å². The second-order valence-electron chi connectivity index (χ2n) is 5.65. The highest BCUT2D eigenvalue weighted by Gasteiger charge is 2.07. The highest BCUT2D eigenvalue weighted by Crippen LogP contribution is 2.23. The smallest absolute Gasteiger partial charge is 0.269 e. The van der Waals surface area contributed by atoms with Gasteiger partial charge in [0.2, 0.25) is 0 Å². The third-order valence-corrected chi connectivity index (χ3v) is 3.66. The van der Waals surface area contributed by atoms with Crippen LogP contribution in [0.5, 0.6) is 0 Å². The van der Waals surface area contributed by atoms with Gasteiger partial charge in [0.1, 0.15) is 5.78 Å². The molecule has 8 heteroatoms. The van der Waals surface area contributed by atoms with E-state index in [0.29, 0.717) is 30.9 Å². The second kappa shape index (κ2) is 9.38. The zero-order valence-corrected chi connectivity index (χ0v) is 14.4. The molecule has 0 saturated carbocycles. The van der Waals surface area contributed by atoms with Crippen molar-refractivity contribution in [2.75, 3.05) is 24.6 Å². The van der Waals surface area contributed by atoms with Crippen LogP contribution in [0.15, 0.2) is 58.8 Å². The quantitative estimate of drug-likeness (QED) is 0.418. The summed E-state index contributed by atoms with van der Waals surface area (Å²) in [5.41, 5.74) is 2.03. The Bertz CT molecular complexity index is 773. The number of rotatable bonds is 9. The number of anilines is 1. The predicted octanol–water partition coefficient (Wildman–Crippen LogP) is 3.79. The molecule has 2 aromatic carbocycles. The molecule has 0 heterocycles. The number of Topliss-reactive ketones (excluding diaryl/α,β-unsaturated/α-hetero) is 1. The van der Waals surface area contributed by atoms with Gasteiger partial charge in [-0.2, -0.15) is 10.2 Å². The van der Waals surface area contributed by atoms with Crippen LogP contribution in [0.1, 0.15) is 13.3 Å². The summed E-state index contributed by atoms with van der Waals surface area (Å²) in [6.45, 7) is 2.52. The summed E-state index contributed by atoms with van der Waals surface area (Å²) in [6.07, 6.45) is 0.418. The monoisotopic (exact) mass is 356 g/mol. The van der Waals surface area contributed by atoms with E-state index in [1.807, 2.05) is 17.0 Å². The number of benzene rings is 2. The van der Waals surface area contributed by atoms with E-state index < -0.39 is 4.92 Å². The van der Waals surface area contributed by atoms with Crippen LogP contribution in [0.2, 0.25) is 0 Å². The van der Waals surface area contributed by atoms with Gasteiger partial charge in [0, 0.05) is 37.3 Å². The lowest BCUT2D eigenvalue weighted by molar-refractivity contribution is -0.384. The molecule has 26 heavy (non-hydrogen) atoms. The van der Waals surface area contributed by atoms with Crippen molar-refractivity contribution in [2.45, 2.75) is 13.3 Å². The number of nitrogens with zero attached hydrogens (tertiary/aromatic N) is 4. The molecule has 0 fully saturated rings. The minimum absolute atomic E-state index is 0.000488. The maximum atomic E-state index is 11.2. The molecule has 2 rings (SSSR count). The summed E-state index contributed by atoms with van der Waals surface area (Å²) >= 11 is 0. The molecular formula is C18H20N4O4. The molecule has 136 valence electrons. The van der Waals surface area contributed by atoms with Crippen molar-refractivity contribution in [3.8, 4) is 0 Å². The zero-order valence-electron chi connectivity index (χ0n) is 14.4. The summed E-state index contributed by atoms with van der Waals surface area (Å²) in [5.74, 6) is 0.0986. The van der Waals surface area contributed by atoms with E-state index >= 15 is 0 Å². The maximum Gasteiger partial charge on any atom is 0.269 e. The standard InChI is InChI=1S/C18H20N4O4/c1-14(24)10-11-21(12-13-23)17-6-2-15(3-7-17)19-20-16-4-8-18(9-5-16)22(25)26/h2-9,23H,10-13H2,1H3. The summed E-state index contributed by atoms with van der Waals surface area (Å²) in [6, 6.07) is 13.1. The number of aliphatic hydroxyl groups is 1. The first kappa shape index (κ1) is 19.2. The second-order valence-corrected chi connectivity index (χ2v) is 5.65. The van der Waals surface area contributed by atoms with Crippen molar-refractivity contribution in [1.82, 2.24) is 0 Å². The van der Waals surface area contributed by atoms with Crippen LogP contribution in [-0.4, -0.2) is 35.5 Å². The van der Waals surface area contributed by atoms with Crippen LogP contribution >= 0.6 is 0 Å². The Morgan fingerprint density at radius 2 is 1.58 bits per heavy atom. The van der Waals surface area contributed by atoms with Crippen molar-refractivity contribution in [1.29, 1.82) is 0 Å². The molecule has 1 N–H and O–H groups in total. The lowest BCUT2D eigenvalue weighted by Gasteiger charge is -2.23. The van der Waals surface area contributed by atoms with Gasteiger partial charge in [0.15, 0.2) is 0 Å². The molecule has 0 bridgehead atoms. The van der Waals surface area contributed by atoms with Gasteiger partial charge >= 0.3 is 0 Å². The van der Waals surface area contributed by atoms with E-state index in [1.165, 1.54) is 24.3 Å². The summed E-state index contributed by atoms with van der Waals surface area (Å²) in [4.78, 5) is 23.2. The molecule has 0 saturated heterocycles. The van der Waals surface area contributed by atoms with Crippen LogP contribution in [0, 0.1) is 10.1 Å². The van der Waals surface area contributed by atoms with Crippen LogP contribution in [-0.2, 0) is 4.79 Å². The largest absolute Gasteiger partial charge is 0.395 e. The fraction of sp³-hybridized carbons (Fsp3) is 0.278. The van der Waals surface area contributed by atoms with Crippen molar-refractivity contribution >= 4 is 28.5 Å². The number of carbonyl (C=O) groups is 1. The minimum atomic E-state index is -0.468. The van der Waals surface area contributed by atoms with Crippen molar-refractivity contribution < 1.29 is 14.8 Å². The number of aliphatic hydroxyl groups excluding tert-OH is 1. The first-order chi connectivity index (χ1) is 12.5. The molecule has 8 nitrogen and oxygen atoms in total. The summed E-state index contributed by atoms with van der Waals surface area (Å²) < 4.78 is 0. The normalized spacial score (nSPS) is 10.8. The first-order valence-electron chi connectivity index (χ1n) is 8.11. The van der Waals surface area contributed by atoms with Crippen LogP contribution in [0.3, 0.4) is 0 Å². The molecule has 0 spiro atoms. The lowest BCUT2D eigenvalue weighted by Crippen LogP contribution is -2.28. The van der Waals surface area contributed by atoms with E-state index in [-0.39, 0.29) is 18.1 Å². The van der Waals surface area contributed by atoms with E-state index in [9.17, 15) is 20.0 Å². The number of azo groups is 1. The molecule has 0 aliphatic rings. The Morgan fingerprint density at radius 3 is 2.04 bits per heavy atom. The Morgan fingerprint density at radius 1 is 1.04 bits per heavy atom. The third kappa shape index (κ3) is 5.75. The average Bonchev–Trinajstić information content (AvgIpc) is 2.64. The molecule has 2 aromatic rings. The Hall–Kier alpha value is -3.13. The van der Waals surface area contributed by atoms with Crippen molar-refractivity contribution in [3.05, 3.63) is 58.6 Å². The van der Waals surface area contributed by atoms with Gasteiger partial charge < -0.3 is 10.0 Å². The van der Waals surface area contributed by atoms with Gasteiger partial charge in [-0.25, -0.2) is 0 Å². The van der Waals surface area contributed by atoms with E-state index in [4.69, 9.17) is 0 Å². The number of ketones is 1. The van der Waals surface area contributed by atoms with E-state index in [0.717, 1.165) is 5.69 Å². The topological polar surface area (TPSA) is 108 Å². The van der Waals surface area contributed by atoms with Crippen molar-refractivity contribution in [2.24, 2.45) is 10.2 Å². The van der Waals surface area contributed by atoms with Gasteiger partial charge in [-0.15, -0.1) is 0 Å². The Balaban J connectivity index is 2.05. The predicted molar refractivity (Wildman–Crippen MR) is 98.3 cm³/mol. The number of non-ortho nitro benzene ring substituents is 1. The van der Waals surface area contributed by atoms with Crippen molar-refractivity contribution in [3.63, 3.8) is 0 Å². The van der Waals surface area contributed by atoms with Gasteiger partial charge in [0.05, 0.1) is 22.9 Å². The highest BCUT2D eigenvalue weighted by molar-refractivity contribution is 5.76. The third-order valence-electron chi connectivity index (χ3n) is 3.66. The fourth-order valence-electron chi connectivity index (χ4n) is 2.27. The number of nitro benzene ring substituents is 1. The first-order valence-corrected chi connectivity index (χ1v) is 8.11. The minimum Gasteiger partial charge on any atom is -0.395 e. The fourth-order valence-corrected chi connectivity index (χ4v) is 2.27. The van der Waals surface area contributed by atoms with E-state index in [1.54, 1.807) is 19.1 Å². The number of hydrogen-bond donors (Lipinski definition) is 1. The number of hydrogen-bond acceptors (Lipinski definition) is 7. The summed E-state index contributed by atoms with van der Waals surface area (Å²) in [5, 5.41) is 28.0. The molecule has 0 aliphatic carbocycles. The van der Waals surface area contributed by atoms with Gasteiger partial charge in [0.25, 0.3) is 5.69 Å². The van der Waals surface area contributed by atoms with Gasteiger partial charge in [-0.1, -0.05) is 0 Å². The van der Waals surface area contributed by atoms with Gasteiger partial charge in [-0.05, 0) is 43.3 Å². The Kier molecular flexibility index (Phi) is 6.92. The molecule has 0 amide bonds.